The van der Waals surface area contributed by atoms with Crippen molar-refractivity contribution in [3.8, 4) is 11.5 Å². The quantitative estimate of drug-likeness (QED) is 0.469. The minimum Gasteiger partial charge on any atom is -0.493 e. The van der Waals surface area contributed by atoms with Crippen molar-refractivity contribution in [3.05, 3.63) is 23.8 Å². The van der Waals surface area contributed by atoms with Gasteiger partial charge in [0.25, 0.3) is 0 Å². The van der Waals surface area contributed by atoms with Crippen LogP contribution in [0, 0.1) is 0 Å². The number of nitrogens with one attached hydrogen (secondary N) is 1. The third-order valence-electron chi connectivity index (χ3n) is 3.82. The molecule has 1 saturated heterocycles. The largest absolute Gasteiger partial charge is 0.493 e. The Labute approximate surface area is 144 Å². The van der Waals surface area contributed by atoms with E-state index in [2.05, 4.69) is 5.32 Å². The lowest BCUT2D eigenvalue weighted by molar-refractivity contribution is -0.244. The van der Waals surface area contributed by atoms with Gasteiger partial charge in [0.05, 0.1) is 13.7 Å². The molecule has 0 radical (unpaired) electrons. The van der Waals surface area contributed by atoms with E-state index in [0.717, 1.165) is 0 Å². The highest BCUT2D eigenvalue weighted by Gasteiger charge is 2.46. The number of carbonyl (C=O) groups is 2. The molecule has 0 aliphatic carbocycles. The van der Waals surface area contributed by atoms with Crippen LogP contribution in [-0.2, 0) is 9.53 Å². The zero-order chi connectivity index (χ0) is 18.6. The van der Waals surface area contributed by atoms with E-state index in [4.69, 9.17) is 14.2 Å². The van der Waals surface area contributed by atoms with Crippen LogP contribution in [0.4, 0.5) is 0 Å². The lowest BCUT2D eigenvalue weighted by atomic mass is 9.97. The summed E-state index contributed by atoms with van der Waals surface area (Å²) in [6.07, 6.45) is -4.47. The Morgan fingerprint density at radius 2 is 2.04 bits per heavy atom. The third kappa shape index (κ3) is 4.26. The lowest BCUT2D eigenvalue weighted by Gasteiger charge is -2.42. The van der Waals surface area contributed by atoms with Crippen molar-refractivity contribution in [2.45, 2.75) is 37.6 Å². The molecule has 0 saturated carbocycles. The first-order valence-corrected chi connectivity index (χ1v) is 7.60. The van der Waals surface area contributed by atoms with Crippen LogP contribution in [0.1, 0.15) is 17.3 Å². The maximum atomic E-state index is 11.4. The van der Waals surface area contributed by atoms with Gasteiger partial charge >= 0.3 is 0 Å². The predicted octanol–water partition coefficient (Wildman–Crippen LogP) is -1.17. The van der Waals surface area contributed by atoms with Crippen LogP contribution in [0.5, 0.6) is 11.5 Å². The van der Waals surface area contributed by atoms with Gasteiger partial charge in [-0.3, -0.25) is 9.59 Å². The summed E-state index contributed by atoms with van der Waals surface area (Å²) in [6.45, 7) is 0.694. The molecule has 138 valence electrons. The number of aliphatic hydroxyl groups excluding tert-OH is 3. The summed E-state index contributed by atoms with van der Waals surface area (Å²) in [4.78, 5) is 22.2. The molecule has 9 nitrogen and oxygen atoms in total. The molecule has 0 aromatic heterocycles. The first-order chi connectivity index (χ1) is 11.9. The lowest BCUT2D eigenvalue weighted by Crippen LogP contribution is -2.65. The number of hydrogen-bond donors (Lipinski definition) is 4. The van der Waals surface area contributed by atoms with Gasteiger partial charge in [0.1, 0.15) is 30.6 Å². The fourth-order valence-electron chi connectivity index (χ4n) is 2.55. The Morgan fingerprint density at radius 1 is 1.32 bits per heavy atom. The molecule has 1 aromatic carbocycles. The molecule has 2 rings (SSSR count). The van der Waals surface area contributed by atoms with Gasteiger partial charge in [0.2, 0.25) is 12.2 Å². The van der Waals surface area contributed by atoms with Crippen molar-refractivity contribution in [3.63, 3.8) is 0 Å². The van der Waals surface area contributed by atoms with Crippen LogP contribution < -0.4 is 14.8 Å². The molecule has 1 aliphatic rings. The molecule has 1 heterocycles. The van der Waals surface area contributed by atoms with Crippen molar-refractivity contribution in [2.75, 3.05) is 13.7 Å². The average molecular weight is 355 g/mol. The molecule has 25 heavy (non-hydrogen) atoms. The van der Waals surface area contributed by atoms with Crippen LogP contribution in [-0.4, -0.2) is 71.9 Å². The first-order valence-electron chi connectivity index (χ1n) is 7.60. The standard InChI is InChI=1S/C16H21NO8/c1-8(20)17-13-15(22)14(21)12(7-19)25-16(13)24-10-4-3-9(6-18)5-11(10)23-2/h3-6,12-16,19,21-22H,7H2,1-2H3,(H,17,20)/t12-,13+,14-,15+,16-/m1/s1. The summed E-state index contributed by atoms with van der Waals surface area (Å²) < 4.78 is 16.3. The molecule has 9 heteroatoms. The van der Waals surface area contributed by atoms with Gasteiger partial charge < -0.3 is 34.8 Å². The summed E-state index contributed by atoms with van der Waals surface area (Å²) in [5.74, 6) is -0.0103. The Bertz CT molecular complexity index is 622. The molecule has 1 aliphatic heterocycles. The molecule has 0 unspecified atom stereocenters. The summed E-state index contributed by atoms with van der Waals surface area (Å²) in [5.41, 5.74) is 0.371. The number of aliphatic hydroxyl groups is 3. The van der Waals surface area contributed by atoms with E-state index >= 15 is 0 Å². The van der Waals surface area contributed by atoms with E-state index in [0.29, 0.717) is 11.8 Å². The molecule has 1 aromatic rings. The van der Waals surface area contributed by atoms with E-state index in [1.807, 2.05) is 0 Å². The molecule has 1 amide bonds. The smallest absolute Gasteiger partial charge is 0.223 e. The topological polar surface area (TPSA) is 135 Å². The van der Waals surface area contributed by atoms with Crippen LogP contribution in [0.25, 0.3) is 0 Å². The van der Waals surface area contributed by atoms with Crippen molar-refractivity contribution in [1.82, 2.24) is 5.32 Å². The van der Waals surface area contributed by atoms with E-state index < -0.39 is 43.2 Å². The SMILES string of the molecule is COc1cc(C=O)ccc1O[C@@H]1O[C@H](CO)[C@@H](O)[C@@H](O)[C@@H]1NC(C)=O. The zero-order valence-corrected chi connectivity index (χ0v) is 13.8. The van der Waals surface area contributed by atoms with E-state index in [9.17, 15) is 24.9 Å². The Kier molecular flexibility index (Phi) is 6.32. The zero-order valence-electron chi connectivity index (χ0n) is 13.8. The summed E-state index contributed by atoms with van der Waals surface area (Å²) in [5, 5.41) is 32.0. The second kappa shape index (κ2) is 8.26. The van der Waals surface area contributed by atoms with Crippen molar-refractivity contribution >= 4 is 12.2 Å². The normalized spacial score (nSPS) is 28.9. The third-order valence-corrected chi connectivity index (χ3v) is 3.82. The van der Waals surface area contributed by atoms with Crippen molar-refractivity contribution < 1.29 is 39.1 Å². The second-order valence-electron chi connectivity index (χ2n) is 5.58. The fraction of sp³-hybridized carbons (Fsp3) is 0.500. The van der Waals surface area contributed by atoms with E-state index in [-0.39, 0.29) is 11.5 Å². The summed E-state index contributed by atoms with van der Waals surface area (Å²) in [6, 6.07) is 3.34. The van der Waals surface area contributed by atoms with Gasteiger partial charge in [-0.05, 0) is 18.2 Å². The van der Waals surface area contributed by atoms with Crippen molar-refractivity contribution in [2.24, 2.45) is 0 Å². The van der Waals surface area contributed by atoms with Crippen LogP contribution in [0.2, 0.25) is 0 Å². The highest BCUT2D eigenvalue weighted by Crippen LogP contribution is 2.31. The maximum Gasteiger partial charge on any atom is 0.223 e. The van der Waals surface area contributed by atoms with E-state index in [1.165, 1.54) is 32.2 Å². The van der Waals surface area contributed by atoms with Crippen LogP contribution in [0.3, 0.4) is 0 Å². The van der Waals surface area contributed by atoms with Gasteiger partial charge in [0.15, 0.2) is 11.5 Å². The number of carbonyl (C=O) groups excluding carboxylic acids is 2. The highest BCUT2D eigenvalue weighted by molar-refractivity contribution is 5.76. The second-order valence-corrected chi connectivity index (χ2v) is 5.58. The monoisotopic (exact) mass is 355 g/mol. The minimum absolute atomic E-state index is 0.203. The summed E-state index contributed by atoms with van der Waals surface area (Å²) in [7, 11) is 1.39. The number of aldehydes is 1. The van der Waals surface area contributed by atoms with Gasteiger partial charge in [0, 0.05) is 12.5 Å². The minimum atomic E-state index is -1.42. The molecule has 0 bridgehead atoms. The maximum absolute atomic E-state index is 11.4. The number of rotatable bonds is 6. The van der Waals surface area contributed by atoms with Gasteiger partial charge in [-0.25, -0.2) is 0 Å². The molecular formula is C16H21NO8. The number of amides is 1. The Morgan fingerprint density at radius 3 is 2.60 bits per heavy atom. The number of methoxy groups -OCH3 is 1. The first kappa shape index (κ1) is 19.1. The van der Waals surface area contributed by atoms with Gasteiger partial charge in [-0.15, -0.1) is 0 Å². The number of benzene rings is 1. The average Bonchev–Trinajstić information content (AvgIpc) is 2.61. The van der Waals surface area contributed by atoms with Gasteiger partial charge in [-0.2, -0.15) is 0 Å². The highest BCUT2D eigenvalue weighted by atomic mass is 16.7. The molecule has 1 fully saturated rings. The summed E-state index contributed by atoms with van der Waals surface area (Å²) >= 11 is 0. The Balaban J connectivity index is 2.29. The molecule has 4 N–H and O–H groups in total. The molecular weight excluding hydrogens is 334 g/mol. The fourth-order valence-corrected chi connectivity index (χ4v) is 2.55. The number of ether oxygens (including phenoxy) is 3. The van der Waals surface area contributed by atoms with Crippen molar-refractivity contribution in [1.29, 1.82) is 0 Å². The van der Waals surface area contributed by atoms with Gasteiger partial charge in [-0.1, -0.05) is 0 Å². The predicted molar refractivity (Wildman–Crippen MR) is 84.4 cm³/mol. The van der Waals surface area contributed by atoms with Crippen LogP contribution in [0.15, 0.2) is 18.2 Å². The van der Waals surface area contributed by atoms with E-state index in [1.54, 1.807) is 0 Å². The van der Waals surface area contributed by atoms with Crippen LogP contribution >= 0.6 is 0 Å². The molecule has 0 spiro atoms. The molecule has 5 atom stereocenters. The Hall–Kier alpha value is -2.20. The number of hydrogen-bond acceptors (Lipinski definition) is 8.